The fraction of sp³-hybridized carbons (Fsp3) is 0.480. The van der Waals surface area contributed by atoms with Crippen LogP contribution in [0, 0.1) is 17.3 Å². The van der Waals surface area contributed by atoms with E-state index in [1.807, 2.05) is 29.1 Å². The molecule has 2 fully saturated rings. The van der Waals surface area contributed by atoms with Crippen molar-refractivity contribution < 1.29 is 9.00 Å². The number of hydrogen-bond donors (Lipinski definition) is 2. The summed E-state index contributed by atoms with van der Waals surface area (Å²) in [4.78, 5) is 13.1. The first-order valence-electron chi connectivity index (χ1n) is 11.8. The maximum absolute atomic E-state index is 13.1. The van der Waals surface area contributed by atoms with Crippen LogP contribution in [0.1, 0.15) is 59.5 Å². The molecule has 7 nitrogen and oxygen atoms in total. The first kappa shape index (κ1) is 20.8. The molecule has 2 N–H and O–H groups in total. The Labute approximate surface area is 195 Å². The van der Waals surface area contributed by atoms with Gasteiger partial charge in [-0.2, -0.15) is 10.2 Å². The number of carbonyl (C=O) groups excluding carboxylic acids is 1. The molecule has 0 bridgehead atoms. The molecule has 1 saturated heterocycles. The van der Waals surface area contributed by atoms with Crippen LogP contribution in [-0.2, 0) is 23.6 Å². The van der Waals surface area contributed by atoms with E-state index in [-0.39, 0.29) is 11.9 Å². The van der Waals surface area contributed by atoms with E-state index < -0.39 is 10.8 Å². The summed E-state index contributed by atoms with van der Waals surface area (Å²) in [5.74, 6) is 2.33. The van der Waals surface area contributed by atoms with E-state index >= 15 is 0 Å². The maximum Gasteiger partial charge on any atom is 0.276 e. The van der Waals surface area contributed by atoms with Crippen molar-refractivity contribution in [3.05, 3.63) is 65.2 Å². The van der Waals surface area contributed by atoms with E-state index in [9.17, 15) is 9.00 Å². The number of hydrogen-bond acceptors (Lipinski definition) is 4. The summed E-state index contributed by atoms with van der Waals surface area (Å²) >= 11 is 0. The predicted octanol–water partition coefficient (Wildman–Crippen LogP) is 3.73. The van der Waals surface area contributed by atoms with Gasteiger partial charge in [-0.25, -0.2) is 0 Å². The molecule has 1 aromatic carbocycles. The summed E-state index contributed by atoms with van der Waals surface area (Å²) < 4.78 is 13.9. The standard InChI is InChI=1S/C25H29N5O2S/c1-25-12-18(25)11-20-21(13-25)28-29-22(20)24(31)27-19-14-26-30(15-19)23(16-5-3-2-4-6-16)17-7-9-33(32)10-8-17/h2-6,14-15,17-18,23H,7-13H2,1H3,(H,27,31)(H,28,29). The Morgan fingerprint density at radius 3 is 2.85 bits per heavy atom. The van der Waals surface area contributed by atoms with E-state index in [2.05, 4.69) is 39.7 Å². The molecule has 3 heterocycles. The van der Waals surface area contributed by atoms with Crippen LogP contribution in [0.15, 0.2) is 42.7 Å². The molecule has 3 aromatic rings. The monoisotopic (exact) mass is 463 g/mol. The Hall–Kier alpha value is -2.74. The molecule has 33 heavy (non-hydrogen) atoms. The zero-order valence-electron chi connectivity index (χ0n) is 18.8. The van der Waals surface area contributed by atoms with Gasteiger partial charge in [0.1, 0.15) is 0 Å². The van der Waals surface area contributed by atoms with Crippen molar-refractivity contribution in [2.45, 2.75) is 45.1 Å². The van der Waals surface area contributed by atoms with Crippen molar-refractivity contribution in [3.63, 3.8) is 0 Å². The van der Waals surface area contributed by atoms with Crippen LogP contribution < -0.4 is 5.32 Å². The average Bonchev–Trinajstić information content (AvgIpc) is 3.10. The molecule has 172 valence electrons. The largest absolute Gasteiger partial charge is 0.318 e. The number of H-pyrrole nitrogens is 1. The molecule has 2 aromatic heterocycles. The number of aromatic amines is 1. The normalized spacial score (nSPS) is 29.1. The van der Waals surface area contributed by atoms with Gasteiger partial charge in [0, 0.05) is 39.8 Å². The minimum atomic E-state index is -0.710. The molecule has 3 unspecified atom stereocenters. The van der Waals surface area contributed by atoms with Gasteiger partial charge in [-0.15, -0.1) is 0 Å². The second-order valence-corrected chi connectivity index (χ2v) is 11.9. The minimum absolute atomic E-state index is 0.0554. The number of aromatic nitrogens is 4. The Morgan fingerprint density at radius 1 is 1.27 bits per heavy atom. The highest BCUT2D eigenvalue weighted by Crippen LogP contribution is 2.59. The Morgan fingerprint density at radius 2 is 2.06 bits per heavy atom. The zero-order chi connectivity index (χ0) is 22.6. The van der Waals surface area contributed by atoms with Crippen LogP contribution in [0.2, 0.25) is 0 Å². The Kier molecular flexibility index (Phi) is 5.01. The number of rotatable bonds is 5. The number of benzene rings is 1. The van der Waals surface area contributed by atoms with Gasteiger partial charge in [0.25, 0.3) is 5.91 Å². The topological polar surface area (TPSA) is 92.7 Å². The Balaban J connectivity index is 1.23. The minimum Gasteiger partial charge on any atom is -0.318 e. The summed E-state index contributed by atoms with van der Waals surface area (Å²) in [6.07, 6.45) is 8.60. The number of nitrogens with one attached hydrogen (secondary N) is 2. The molecular formula is C25H29N5O2S. The lowest BCUT2D eigenvalue weighted by Crippen LogP contribution is -2.28. The number of fused-ring (bicyclic) bond motifs is 2. The quantitative estimate of drug-likeness (QED) is 0.603. The molecule has 1 saturated carbocycles. The van der Waals surface area contributed by atoms with Gasteiger partial charge in [-0.1, -0.05) is 37.3 Å². The number of carbonyl (C=O) groups is 1. The fourth-order valence-electron chi connectivity index (χ4n) is 5.81. The molecule has 1 amide bonds. The highest BCUT2D eigenvalue weighted by atomic mass is 32.2. The van der Waals surface area contributed by atoms with Gasteiger partial charge in [-0.3, -0.25) is 18.8 Å². The third-order valence-electron chi connectivity index (χ3n) is 7.90. The third-order valence-corrected chi connectivity index (χ3v) is 9.28. The summed E-state index contributed by atoms with van der Waals surface area (Å²) in [6.45, 7) is 2.32. The van der Waals surface area contributed by atoms with Gasteiger partial charge in [0.15, 0.2) is 5.69 Å². The van der Waals surface area contributed by atoms with Crippen LogP contribution in [0.5, 0.6) is 0 Å². The maximum atomic E-state index is 13.1. The predicted molar refractivity (Wildman–Crippen MR) is 128 cm³/mol. The second kappa shape index (κ2) is 7.94. The first-order valence-corrected chi connectivity index (χ1v) is 13.3. The molecule has 0 spiro atoms. The lowest BCUT2D eigenvalue weighted by molar-refractivity contribution is 0.102. The van der Waals surface area contributed by atoms with Crippen molar-refractivity contribution in [3.8, 4) is 0 Å². The van der Waals surface area contributed by atoms with E-state index in [4.69, 9.17) is 0 Å². The highest BCUT2D eigenvalue weighted by molar-refractivity contribution is 7.85. The molecule has 8 heteroatoms. The molecule has 6 rings (SSSR count). The van der Waals surface area contributed by atoms with Gasteiger partial charge in [-0.05, 0) is 54.9 Å². The van der Waals surface area contributed by atoms with Crippen molar-refractivity contribution in [1.82, 2.24) is 20.0 Å². The van der Waals surface area contributed by atoms with Crippen LogP contribution in [0.4, 0.5) is 5.69 Å². The van der Waals surface area contributed by atoms with E-state index in [1.54, 1.807) is 6.20 Å². The van der Waals surface area contributed by atoms with Crippen molar-refractivity contribution >= 4 is 22.4 Å². The van der Waals surface area contributed by atoms with Crippen LogP contribution in [-0.4, -0.2) is 41.6 Å². The van der Waals surface area contributed by atoms with Gasteiger partial charge in [0.2, 0.25) is 0 Å². The summed E-state index contributed by atoms with van der Waals surface area (Å²) in [5.41, 5.74) is 4.96. The summed E-state index contributed by atoms with van der Waals surface area (Å²) in [7, 11) is -0.710. The molecule has 3 atom stereocenters. The van der Waals surface area contributed by atoms with Crippen molar-refractivity contribution in [2.24, 2.45) is 17.3 Å². The lowest BCUT2D eigenvalue weighted by Gasteiger charge is -2.30. The zero-order valence-corrected chi connectivity index (χ0v) is 19.6. The van der Waals surface area contributed by atoms with Gasteiger partial charge >= 0.3 is 0 Å². The first-order chi connectivity index (χ1) is 16.0. The van der Waals surface area contributed by atoms with Gasteiger partial charge in [0.05, 0.1) is 17.9 Å². The van der Waals surface area contributed by atoms with Crippen LogP contribution in [0.25, 0.3) is 0 Å². The third kappa shape index (κ3) is 3.84. The summed E-state index contributed by atoms with van der Waals surface area (Å²) in [6, 6.07) is 10.4. The lowest BCUT2D eigenvalue weighted by atomic mass is 9.87. The van der Waals surface area contributed by atoms with Gasteiger partial charge < -0.3 is 5.32 Å². The van der Waals surface area contributed by atoms with E-state index in [0.29, 0.717) is 28.6 Å². The van der Waals surface area contributed by atoms with Crippen molar-refractivity contribution in [1.29, 1.82) is 0 Å². The number of nitrogens with zero attached hydrogens (tertiary/aromatic N) is 3. The van der Waals surface area contributed by atoms with E-state index in [0.717, 1.165) is 48.4 Å². The summed E-state index contributed by atoms with van der Waals surface area (Å²) in [5, 5.41) is 15.1. The van der Waals surface area contributed by atoms with Crippen molar-refractivity contribution in [2.75, 3.05) is 16.8 Å². The molecule has 0 radical (unpaired) electrons. The molecular weight excluding hydrogens is 434 g/mol. The Bertz CT molecular complexity index is 1210. The molecule has 1 aliphatic heterocycles. The second-order valence-electron chi connectivity index (χ2n) is 10.2. The highest BCUT2D eigenvalue weighted by Gasteiger charge is 2.53. The number of anilines is 1. The molecule has 3 aliphatic rings. The van der Waals surface area contributed by atoms with Crippen LogP contribution >= 0.6 is 0 Å². The smallest absolute Gasteiger partial charge is 0.276 e. The average molecular weight is 464 g/mol. The van der Waals surface area contributed by atoms with Crippen LogP contribution in [0.3, 0.4) is 0 Å². The SMILES string of the molecule is CC12Cc3[nH]nc(C(=O)Nc4cnn(C(c5ccccc5)C5CCS(=O)CC5)c4)c3CC1C2. The molecule has 2 aliphatic carbocycles. The fourth-order valence-corrected chi connectivity index (χ4v) is 7.14. The van der Waals surface area contributed by atoms with E-state index in [1.165, 1.54) is 12.0 Å². The number of amides is 1.